The van der Waals surface area contributed by atoms with E-state index in [1.54, 1.807) is 0 Å². The minimum Gasteiger partial charge on any atom is -0.394 e. The highest BCUT2D eigenvalue weighted by molar-refractivity contribution is 4.54. The maximum atomic E-state index is 8.78. The first-order chi connectivity index (χ1) is 3.66. The lowest BCUT2D eigenvalue weighted by Crippen LogP contribution is -2.14. The molecule has 0 rings (SSSR count). The SMILES string of the molecule is CC(C)C[C@H](O)CO. The first-order valence-corrected chi connectivity index (χ1v) is 2.95. The fourth-order valence-corrected chi connectivity index (χ4v) is 0.619. The van der Waals surface area contributed by atoms with Crippen LogP contribution in [-0.4, -0.2) is 22.9 Å². The normalized spacial score (nSPS) is 14.6. The standard InChI is InChI=1S/C6H14O2/c1-5(2)3-6(8)4-7/h5-8H,3-4H2,1-2H3/t6-/m0/s1. The molecule has 0 aliphatic heterocycles. The van der Waals surface area contributed by atoms with Crippen LogP contribution in [0.15, 0.2) is 0 Å². The Bertz CT molecular complexity index is 52.5. The molecule has 0 fully saturated rings. The molecule has 1 atom stereocenters. The van der Waals surface area contributed by atoms with E-state index in [0.717, 1.165) is 0 Å². The molecular weight excluding hydrogens is 104 g/mol. The second-order valence-corrected chi connectivity index (χ2v) is 2.47. The quantitative estimate of drug-likeness (QED) is 0.562. The maximum Gasteiger partial charge on any atom is 0.0773 e. The highest BCUT2D eigenvalue weighted by Gasteiger charge is 2.02. The van der Waals surface area contributed by atoms with Gasteiger partial charge < -0.3 is 10.2 Å². The molecule has 2 nitrogen and oxygen atoms in total. The number of rotatable bonds is 3. The molecule has 0 spiro atoms. The predicted molar refractivity (Wildman–Crippen MR) is 32.5 cm³/mol. The Kier molecular flexibility index (Phi) is 3.83. The molecule has 8 heavy (non-hydrogen) atoms. The van der Waals surface area contributed by atoms with Gasteiger partial charge in [-0.25, -0.2) is 0 Å². The van der Waals surface area contributed by atoms with Gasteiger partial charge in [-0.15, -0.1) is 0 Å². The molecule has 0 amide bonds. The van der Waals surface area contributed by atoms with E-state index >= 15 is 0 Å². The Morgan fingerprint density at radius 1 is 1.38 bits per heavy atom. The summed E-state index contributed by atoms with van der Waals surface area (Å²) in [7, 11) is 0. The fraction of sp³-hybridized carbons (Fsp3) is 1.00. The average Bonchev–Trinajstić information content (AvgIpc) is 1.65. The molecule has 2 N–H and O–H groups in total. The van der Waals surface area contributed by atoms with Gasteiger partial charge in [-0.2, -0.15) is 0 Å². The highest BCUT2D eigenvalue weighted by atomic mass is 16.3. The van der Waals surface area contributed by atoms with Crippen LogP contribution in [0.5, 0.6) is 0 Å². The van der Waals surface area contributed by atoms with Crippen molar-refractivity contribution >= 4 is 0 Å². The van der Waals surface area contributed by atoms with Crippen LogP contribution in [0.4, 0.5) is 0 Å². The van der Waals surface area contributed by atoms with Crippen LogP contribution in [0, 0.1) is 5.92 Å². The summed E-state index contributed by atoms with van der Waals surface area (Å²) in [5, 5.41) is 17.1. The van der Waals surface area contributed by atoms with Crippen LogP contribution in [0.2, 0.25) is 0 Å². The van der Waals surface area contributed by atoms with Crippen LogP contribution in [-0.2, 0) is 0 Å². The third kappa shape index (κ3) is 4.09. The predicted octanol–water partition coefficient (Wildman–Crippen LogP) is 0.386. The van der Waals surface area contributed by atoms with Crippen LogP contribution < -0.4 is 0 Å². The van der Waals surface area contributed by atoms with Crippen molar-refractivity contribution in [3.05, 3.63) is 0 Å². The van der Waals surface area contributed by atoms with Gasteiger partial charge in [-0.3, -0.25) is 0 Å². The van der Waals surface area contributed by atoms with E-state index in [-0.39, 0.29) is 6.61 Å². The largest absolute Gasteiger partial charge is 0.394 e. The molecule has 0 aliphatic rings. The second-order valence-electron chi connectivity index (χ2n) is 2.47. The summed E-state index contributed by atoms with van der Waals surface area (Å²) in [4.78, 5) is 0. The lowest BCUT2D eigenvalue weighted by molar-refractivity contribution is 0.0782. The molecule has 0 heterocycles. The number of aliphatic hydroxyl groups excluding tert-OH is 2. The smallest absolute Gasteiger partial charge is 0.0773 e. The van der Waals surface area contributed by atoms with Gasteiger partial charge in [0.25, 0.3) is 0 Å². The van der Waals surface area contributed by atoms with Crippen molar-refractivity contribution in [1.82, 2.24) is 0 Å². The van der Waals surface area contributed by atoms with E-state index < -0.39 is 6.10 Å². The van der Waals surface area contributed by atoms with Crippen LogP contribution >= 0.6 is 0 Å². The molecule has 2 heteroatoms. The van der Waals surface area contributed by atoms with E-state index in [0.29, 0.717) is 12.3 Å². The zero-order valence-corrected chi connectivity index (χ0v) is 5.46. The molecular formula is C6H14O2. The van der Waals surface area contributed by atoms with Gasteiger partial charge in [-0.1, -0.05) is 13.8 Å². The zero-order chi connectivity index (χ0) is 6.57. The summed E-state index contributed by atoms with van der Waals surface area (Å²) in [5.74, 6) is 0.470. The lowest BCUT2D eigenvalue weighted by Gasteiger charge is -2.08. The van der Waals surface area contributed by atoms with Crippen LogP contribution in [0.3, 0.4) is 0 Å². The number of aliphatic hydroxyl groups is 2. The summed E-state index contributed by atoms with van der Waals surface area (Å²) in [6.45, 7) is 3.91. The van der Waals surface area contributed by atoms with E-state index in [1.807, 2.05) is 13.8 Å². The Balaban J connectivity index is 3.10. The molecule has 0 unspecified atom stereocenters. The van der Waals surface area contributed by atoms with Crippen LogP contribution in [0.25, 0.3) is 0 Å². The summed E-state index contributed by atoms with van der Waals surface area (Å²) in [6, 6.07) is 0. The average molecular weight is 118 g/mol. The Morgan fingerprint density at radius 2 is 1.88 bits per heavy atom. The van der Waals surface area contributed by atoms with Gasteiger partial charge in [-0.05, 0) is 12.3 Å². The molecule has 0 aliphatic carbocycles. The first kappa shape index (κ1) is 7.92. The Morgan fingerprint density at radius 3 is 2.00 bits per heavy atom. The fourth-order valence-electron chi connectivity index (χ4n) is 0.619. The Labute approximate surface area is 50.2 Å². The molecule has 0 saturated heterocycles. The van der Waals surface area contributed by atoms with Crippen molar-refractivity contribution in [3.8, 4) is 0 Å². The molecule has 0 aromatic rings. The molecule has 0 saturated carbocycles. The summed E-state index contributed by atoms with van der Waals surface area (Å²) in [5.41, 5.74) is 0. The van der Waals surface area contributed by atoms with Gasteiger partial charge in [0.15, 0.2) is 0 Å². The third-order valence-corrected chi connectivity index (χ3v) is 0.954. The highest BCUT2D eigenvalue weighted by Crippen LogP contribution is 2.02. The molecule has 0 aromatic heterocycles. The van der Waals surface area contributed by atoms with Crippen molar-refractivity contribution < 1.29 is 10.2 Å². The third-order valence-electron chi connectivity index (χ3n) is 0.954. The monoisotopic (exact) mass is 118 g/mol. The number of hydrogen-bond acceptors (Lipinski definition) is 2. The van der Waals surface area contributed by atoms with Gasteiger partial charge in [0.2, 0.25) is 0 Å². The van der Waals surface area contributed by atoms with Crippen molar-refractivity contribution in [1.29, 1.82) is 0 Å². The van der Waals surface area contributed by atoms with Crippen molar-refractivity contribution in [2.75, 3.05) is 6.61 Å². The number of hydrogen-bond donors (Lipinski definition) is 2. The van der Waals surface area contributed by atoms with Gasteiger partial charge >= 0.3 is 0 Å². The van der Waals surface area contributed by atoms with Gasteiger partial charge in [0.05, 0.1) is 12.7 Å². The topological polar surface area (TPSA) is 40.5 Å². The van der Waals surface area contributed by atoms with E-state index in [4.69, 9.17) is 10.2 Å². The minimum atomic E-state index is -0.519. The molecule has 0 bridgehead atoms. The van der Waals surface area contributed by atoms with Crippen molar-refractivity contribution in [2.45, 2.75) is 26.4 Å². The van der Waals surface area contributed by atoms with E-state index in [9.17, 15) is 0 Å². The van der Waals surface area contributed by atoms with Gasteiger partial charge in [0.1, 0.15) is 0 Å². The maximum absolute atomic E-state index is 8.78. The lowest BCUT2D eigenvalue weighted by atomic mass is 10.1. The zero-order valence-electron chi connectivity index (χ0n) is 5.46. The van der Waals surface area contributed by atoms with Gasteiger partial charge in [0, 0.05) is 0 Å². The summed E-state index contributed by atoms with van der Waals surface area (Å²) < 4.78 is 0. The molecule has 0 radical (unpaired) electrons. The van der Waals surface area contributed by atoms with E-state index in [2.05, 4.69) is 0 Å². The minimum absolute atomic E-state index is 0.113. The summed E-state index contributed by atoms with van der Waals surface area (Å²) >= 11 is 0. The van der Waals surface area contributed by atoms with E-state index in [1.165, 1.54) is 0 Å². The van der Waals surface area contributed by atoms with Crippen LogP contribution in [0.1, 0.15) is 20.3 Å². The summed E-state index contributed by atoms with van der Waals surface area (Å²) in [6.07, 6.45) is 0.172. The van der Waals surface area contributed by atoms with Crippen molar-refractivity contribution in [2.24, 2.45) is 5.92 Å². The molecule has 50 valence electrons. The first-order valence-electron chi connectivity index (χ1n) is 2.95. The van der Waals surface area contributed by atoms with Crippen molar-refractivity contribution in [3.63, 3.8) is 0 Å². The molecule has 0 aromatic carbocycles. The second kappa shape index (κ2) is 3.87. The Hall–Kier alpha value is -0.0800.